The van der Waals surface area contributed by atoms with Gasteiger partial charge in [-0.25, -0.2) is 0 Å². The van der Waals surface area contributed by atoms with Gasteiger partial charge in [0.25, 0.3) is 5.91 Å². The van der Waals surface area contributed by atoms with E-state index in [2.05, 4.69) is 9.88 Å². The highest BCUT2D eigenvalue weighted by molar-refractivity contribution is 5.94. The van der Waals surface area contributed by atoms with Crippen molar-refractivity contribution in [1.82, 2.24) is 14.8 Å². The molecule has 2 aliphatic rings. The zero-order valence-electron chi connectivity index (χ0n) is 13.8. The van der Waals surface area contributed by atoms with Crippen molar-refractivity contribution in [3.63, 3.8) is 0 Å². The molecule has 1 aliphatic carbocycles. The number of pyridine rings is 1. The molecule has 0 spiro atoms. The number of rotatable bonds is 3. The maximum atomic E-state index is 12.5. The van der Waals surface area contributed by atoms with Crippen LogP contribution in [-0.2, 0) is 0 Å². The largest absolute Gasteiger partial charge is 0.389 e. The maximum Gasteiger partial charge on any atom is 0.254 e. The van der Waals surface area contributed by atoms with Crippen molar-refractivity contribution >= 4 is 5.91 Å². The summed E-state index contributed by atoms with van der Waals surface area (Å²) in [6.07, 6.45) is 9.65. The molecule has 1 N–H and O–H groups in total. The summed E-state index contributed by atoms with van der Waals surface area (Å²) in [5.41, 5.74) is 0.196. The minimum absolute atomic E-state index is 0.0885. The smallest absolute Gasteiger partial charge is 0.254 e. The molecule has 1 aromatic heterocycles. The third-order valence-corrected chi connectivity index (χ3v) is 5.11. The van der Waals surface area contributed by atoms with Gasteiger partial charge in [-0.15, -0.1) is 0 Å². The van der Waals surface area contributed by atoms with Crippen LogP contribution in [0.25, 0.3) is 0 Å². The molecular formula is C18H27N3O2. The lowest BCUT2D eigenvalue weighted by atomic mass is 9.84. The van der Waals surface area contributed by atoms with Gasteiger partial charge in [-0.1, -0.05) is 19.3 Å². The molecule has 2 heterocycles. The van der Waals surface area contributed by atoms with Gasteiger partial charge in [0.2, 0.25) is 0 Å². The van der Waals surface area contributed by atoms with E-state index >= 15 is 0 Å². The number of β-amino-alcohol motifs (C(OH)–C–C–N with tert-alkyl or cyclic N) is 1. The predicted molar refractivity (Wildman–Crippen MR) is 89.2 cm³/mol. The summed E-state index contributed by atoms with van der Waals surface area (Å²) in [6.45, 7) is 4.08. The molecule has 0 unspecified atom stereocenters. The number of carbonyl (C=O) groups excluding carboxylic acids is 1. The van der Waals surface area contributed by atoms with E-state index in [4.69, 9.17) is 0 Å². The number of aromatic nitrogens is 1. The van der Waals surface area contributed by atoms with Gasteiger partial charge in [-0.3, -0.25) is 14.7 Å². The van der Waals surface area contributed by atoms with Crippen molar-refractivity contribution in [3.05, 3.63) is 30.1 Å². The number of nitrogens with zero attached hydrogens (tertiary/aromatic N) is 3. The van der Waals surface area contributed by atoms with Crippen LogP contribution in [0.2, 0.25) is 0 Å². The Labute approximate surface area is 138 Å². The Kier molecular flexibility index (Phi) is 5.28. The Hall–Kier alpha value is -1.46. The van der Waals surface area contributed by atoms with Crippen molar-refractivity contribution in [2.45, 2.75) is 44.1 Å². The van der Waals surface area contributed by atoms with E-state index in [0.29, 0.717) is 5.56 Å². The molecule has 23 heavy (non-hydrogen) atoms. The molecule has 126 valence electrons. The number of hydrogen-bond donors (Lipinski definition) is 1. The van der Waals surface area contributed by atoms with Crippen LogP contribution in [0, 0.1) is 0 Å². The van der Waals surface area contributed by atoms with E-state index in [9.17, 15) is 9.90 Å². The highest BCUT2D eigenvalue weighted by Crippen LogP contribution is 2.29. The van der Waals surface area contributed by atoms with Gasteiger partial charge in [0.15, 0.2) is 0 Å². The molecule has 1 saturated carbocycles. The first-order valence-corrected chi connectivity index (χ1v) is 8.80. The van der Waals surface area contributed by atoms with Gasteiger partial charge in [0, 0.05) is 50.7 Å². The fourth-order valence-electron chi connectivity index (χ4n) is 3.79. The van der Waals surface area contributed by atoms with Crippen molar-refractivity contribution in [2.75, 3.05) is 32.7 Å². The molecule has 2 fully saturated rings. The second-order valence-electron chi connectivity index (χ2n) is 6.94. The molecular weight excluding hydrogens is 290 g/mol. The third-order valence-electron chi connectivity index (χ3n) is 5.11. The fourth-order valence-corrected chi connectivity index (χ4v) is 3.79. The molecule has 3 rings (SSSR count). The molecule has 5 nitrogen and oxygen atoms in total. The second kappa shape index (κ2) is 7.41. The van der Waals surface area contributed by atoms with Crippen LogP contribution < -0.4 is 0 Å². The van der Waals surface area contributed by atoms with E-state index in [1.807, 2.05) is 4.90 Å². The average Bonchev–Trinajstić information content (AvgIpc) is 2.81. The maximum absolute atomic E-state index is 12.5. The highest BCUT2D eigenvalue weighted by Gasteiger charge is 2.32. The molecule has 1 aliphatic heterocycles. The normalized spacial score (nSPS) is 22.6. The zero-order valence-corrected chi connectivity index (χ0v) is 13.8. The third kappa shape index (κ3) is 4.30. The molecule has 0 atom stereocenters. The molecule has 0 bridgehead atoms. The molecule has 1 saturated heterocycles. The summed E-state index contributed by atoms with van der Waals surface area (Å²) in [5.74, 6) is 0.0885. The number of carbonyl (C=O) groups is 1. The van der Waals surface area contributed by atoms with E-state index in [0.717, 1.165) is 64.8 Å². The number of amides is 1. The molecule has 0 aromatic carbocycles. The first-order chi connectivity index (χ1) is 11.2. The van der Waals surface area contributed by atoms with Gasteiger partial charge in [0.05, 0.1) is 5.60 Å². The number of hydrogen-bond acceptors (Lipinski definition) is 4. The standard InChI is InChI=1S/C18H27N3O2/c22-17(16-5-9-19-10-6-16)21-12-4-11-20(13-14-21)15-18(23)7-2-1-3-8-18/h5-6,9-10,23H,1-4,7-8,11-15H2. The van der Waals surface area contributed by atoms with Gasteiger partial charge < -0.3 is 10.0 Å². The monoisotopic (exact) mass is 317 g/mol. The van der Waals surface area contributed by atoms with E-state index in [1.54, 1.807) is 24.5 Å². The molecule has 1 amide bonds. The summed E-state index contributed by atoms with van der Waals surface area (Å²) in [6, 6.07) is 3.55. The van der Waals surface area contributed by atoms with Gasteiger partial charge >= 0.3 is 0 Å². The van der Waals surface area contributed by atoms with E-state index < -0.39 is 5.60 Å². The lowest BCUT2D eigenvalue weighted by Gasteiger charge is -2.36. The van der Waals surface area contributed by atoms with E-state index in [-0.39, 0.29) is 5.91 Å². The predicted octanol–water partition coefficient (Wildman–Crippen LogP) is 1.92. The van der Waals surface area contributed by atoms with Gasteiger partial charge in [-0.2, -0.15) is 0 Å². The van der Waals surface area contributed by atoms with Crippen LogP contribution in [0.15, 0.2) is 24.5 Å². The van der Waals surface area contributed by atoms with Crippen molar-refractivity contribution < 1.29 is 9.90 Å². The first kappa shape index (κ1) is 16.4. The van der Waals surface area contributed by atoms with Crippen LogP contribution >= 0.6 is 0 Å². The Morgan fingerprint density at radius 2 is 1.78 bits per heavy atom. The summed E-state index contributed by atoms with van der Waals surface area (Å²) in [7, 11) is 0. The minimum Gasteiger partial charge on any atom is -0.389 e. The SMILES string of the molecule is O=C(c1ccncc1)N1CCCN(CC2(O)CCCCC2)CC1. The Bertz CT molecular complexity index is 514. The molecule has 1 aromatic rings. The molecule has 0 radical (unpaired) electrons. The van der Waals surface area contributed by atoms with Gasteiger partial charge in [-0.05, 0) is 31.4 Å². The van der Waals surface area contributed by atoms with Crippen LogP contribution in [-0.4, -0.2) is 64.1 Å². The van der Waals surface area contributed by atoms with Crippen molar-refractivity contribution in [1.29, 1.82) is 0 Å². The first-order valence-electron chi connectivity index (χ1n) is 8.80. The number of aliphatic hydroxyl groups is 1. The topological polar surface area (TPSA) is 56.7 Å². The minimum atomic E-state index is -0.511. The quantitative estimate of drug-likeness (QED) is 0.925. The lowest BCUT2D eigenvalue weighted by molar-refractivity contribution is -0.0252. The lowest BCUT2D eigenvalue weighted by Crippen LogP contribution is -2.45. The van der Waals surface area contributed by atoms with Crippen molar-refractivity contribution in [2.24, 2.45) is 0 Å². The summed E-state index contributed by atoms with van der Waals surface area (Å²) >= 11 is 0. The Morgan fingerprint density at radius 1 is 1.04 bits per heavy atom. The van der Waals surface area contributed by atoms with Crippen LogP contribution in [0.3, 0.4) is 0 Å². The zero-order chi connectivity index (χ0) is 16.1. The Balaban J connectivity index is 1.56. The van der Waals surface area contributed by atoms with Crippen molar-refractivity contribution in [3.8, 4) is 0 Å². The second-order valence-corrected chi connectivity index (χ2v) is 6.94. The summed E-state index contributed by atoms with van der Waals surface area (Å²) < 4.78 is 0. The average molecular weight is 317 g/mol. The molecule has 5 heteroatoms. The highest BCUT2D eigenvalue weighted by atomic mass is 16.3. The summed E-state index contributed by atoms with van der Waals surface area (Å²) in [4.78, 5) is 20.8. The van der Waals surface area contributed by atoms with Crippen LogP contribution in [0.1, 0.15) is 48.9 Å². The van der Waals surface area contributed by atoms with Gasteiger partial charge in [0.1, 0.15) is 0 Å². The Morgan fingerprint density at radius 3 is 2.52 bits per heavy atom. The van der Waals surface area contributed by atoms with Crippen LogP contribution in [0.4, 0.5) is 0 Å². The summed E-state index contributed by atoms with van der Waals surface area (Å²) in [5, 5.41) is 10.7. The van der Waals surface area contributed by atoms with Crippen LogP contribution in [0.5, 0.6) is 0 Å². The van der Waals surface area contributed by atoms with E-state index in [1.165, 1.54) is 6.42 Å². The fraction of sp³-hybridized carbons (Fsp3) is 0.667.